The van der Waals surface area contributed by atoms with Crippen LogP contribution in [0.1, 0.15) is 6.04 Å². The number of nitrogens with one attached hydrogen (secondary N) is 1. The lowest BCUT2D eigenvalue weighted by Crippen LogP contribution is -2.33. The van der Waals surface area contributed by atoms with E-state index in [-0.39, 0.29) is 6.54 Å². The summed E-state index contributed by atoms with van der Waals surface area (Å²) in [5.74, 6) is 0.565. The maximum atomic E-state index is 13.3. The number of rotatable bonds is 5. The first-order chi connectivity index (χ1) is 11.5. The topological polar surface area (TPSA) is 52.0 Å². The molecular formula is C16H15F3N4O. The molecule has 0 spiro atoms. The van der Waals surface area contributed by atoms with Crippen LogP contribution in [0.3, 0.4) is 0 Å². The Kier molecular flexibility index (Phi) is 4.28. The van der Waals surface area contributed by atoms with E-state index in [9.17, 15) is 13.2 Å². The number of benzene rings is 1. The van der Waals surface area contributed by atoms with E-state index < -0.39 is 12.2 Å². The molecule has 2 aromatic heterocycles. The summed E-state index contributed by atoms with van der Waals surface area (Å²) in [6.45, 7) is -0.346. The zero-order valence-electron chi connectivity index (χ0n) is 12.8. The van der Waals surface area contributed by atoms with E-state index in [0.717, 1.165) is 4.68 Å². The number of anilines is 1. The lowest BCUT2D eigenvalue weighted by atomic mass is 10.1. The molecule has 0 bridgehead atoms. The summed E-state index contributed by atoms with van der Waals surface area (Å²) in [4.78, 5) is 4.23. The van der Waals surface area contributed by atoms with Crippen LogP contribution in [-0.4, -0.2) is 34.6 Å². The molecule has 5 nitrogen and oxygen atoms in total. The number of para-hydroxylation sites is 1. The number of methoxy groups -OCH3 is 1. The number of pyridine rings is 1. The minimum Gasteiger partial charge on any atom is -0.494 e. The zero-order chi connectivity index (χ0) is 17.2. The number of hydrogen-bond donors (Lipinski definition) is 1. The maximum Gasteiger partial charge on any atom is 0.412 e. The molecule has 1 aromatic carbocycles. The largest absolute Gasteiger partial charge is 0.494 e. The number of halogens is 3. The first kappa shape index (κ1) is 16.1. The van der Waals surface area contributed by atoms with Gasteiger partial charge in [0.25, 0.3) is 0 Å². The Bertz CT molecular complexity index is 818. The summed E-state index contributed by atoms with van der Waals surface area (Å²) in [7, 11) is 1.52. The minimum atomic E-state index is -4.42. The van der Waals surface area contributed by atoms with Gasteiger partial charge in [-0.05, 0) is 18.2 Å². The summed E-state index contributed by atoms with van der Waals surface area (Å²) >= 11 is 0. The highest BCUT2D eigenvalue weighted by Gasteiger charge is 2.41. The molecular weight excluding hydrogens is 321 g/mol. The number of nitrogens with zero attached hydrogens (tertiary/aromatic N) is 3. The molecule has 1 atom stereocenters. The first-order valence-electron chi connectivity index (χ1n) is 7.22. The van der Waals surface area contributed by atoms with Gasteiger partial charge in [-0.3, -0.25) is 9.67 Å². The molecule has 0 aliphatic rings. The van der Waals surface area contributed by atoms with Crippen molar-refractivity contribution < 1.29 is 17.9 Å². The van der Waals surface area contributed by atoms with Crippen LogP contribution in [0.2, 0.25) is 0 Å². The van der Waals surface area contributed by atoms with Crippen LogP contribution < -0.4 is 10.1 Å². The lowest BCUT2D eigenvalue weighted by Gasteiger charge is -2.22. The predicted molar refractivity (Wildman–Crippen MR) is 84.1 cm³/mol. The standard InChI is InChI=1S/C16H15F3N4O/c1-24-13-5-2-4-11-12(6-8-20-15(11)13)21-10-14(16(17,18)19)23-9-3-7-22-23/h2-9,14H,10H2,1H3,(H,20,21). The second kappa shape index (κ2) is 6.38. The van der Waals surface area contributed by atoms with E-state index in [1.54, 1.807) is 24.3 Å². The molecule has 3 rings (SSSR count). The van der Waals surface area contributed by atoms with Gasteiger partial charge in [0.1, 0.15) is 11.3 Å². The van der Waals surface area contributed by atoms with Crippen molar-refractivity contribution in [2.24, 2.45) is 0 Å². The number of fused-ring (bicyclic) bond motifs is 1. The zero-order valence-corrected chi connectivity index (χ0v) is 12.8. The second-order valence-electron chi connectivity index (χ2n) is 5.14. The average Bonchev–Trinajstić information content (AvgIpc) is 3.07. The Labute approximate surface area is 136 Å². The number of hydrogen-bond acceptors (Lipinski definition) is 4. The Morgan fingerprint density at radius 1 is 1.21 bits per heavy atom. The fraction of sp³-hybridized carbons (Fsp3) is 0.250. The highest BCUT2D eigenvalue weighted by molar-refractivity contribution is 5.94. The minimum absolute atomic E-state index is 0.346. The fourth-order valence-corrected chi connectivity index (χ4v) is 2.50. The number of aromatic nitrogens is 3. The fourth-order valence-electron chi connectivity index (χ4n) is 2.50. The molecule has 2 heterocycles. The van der Waals surface area contributed by atoms with Crippen molar-refractivity contribution in [2.75, 3.05) is 19.0 Å². The monoisotopic (exact) mass is 336 g/mol. The van der Waals surface area contributed by atoms with E-state index in [1.165, 1.54) is 31.8 Å². The van der Waals surface area contributed by atoms with Crippen LogP contribution in [0.4, 0.5) is 18.9 Å². The third-order valence-corrected chi connectivity index (χ3v) is 3.66. The van der Waals surface area contributed by atoms with E-state index in [1.807, 2.05) is 0 Å². The van der Waals surface area contributed by atoms with Crippen molar-refractivity contribution in [3.63, 3.8) is 0 Å². The van der Waals surface area contributed by atoms with Crippen LogP contribution in [-0.2, 0) is 0 Å². The Hall–Kier alpha value is -2.77. The van der Waals surface area contributed by atoms with Gasteiger partial charge in [0, 0.05) is 36.2 Å². The van der Waals surface area contributed by atoms with Crippen molar-refractivity contribution in [1.82, 2.24) is 14.8 Å². The molecule has 0 amide bonds. The van der Waals surface area contributed by atoms with Gasteiger partial charge in [0.2, 0.25) is 0 Å². The molecule has 1 N–H and O–H groups in total. The predicted octanol–water partition coefficient (Wildman–Crippen LogP) is 3.66. The Morgan fingerprint density at radius 2 is 2.04 bits per heavy atom. The molecule has 3 aromatic rings. The van der Waals surface area contributed by atoms with Gasteiger partial charge in [-0.2, -0.15) is 18.3 Å². The maximum absolute atomic E-state index is 13.3. The van der Waals surface area contributed by atoms with Crippen molar-refractivity contribution >= 4 is 16.6 Å². The molecule has 0 saturated heterocycles. The van der Waals surface area contributed by atoms with Gasteiger partial charge in [-0.25, -0.2) is 0 Å². The number of alkyl halides is 3. The summed E-state index contributed by atoms with van der Waals surface area (Å²) in [5, 5.41) is 7.26. The Balaban J connectivity index is 1.90. The highest BCUT2D eigenvalue weighted by atomic mass is 19.4. The Morgan fingerprint density at radius 3 is 2.71 bits per heavy atom. The van der Waals surface area contributed by atoms with Crippen LogP contribution in [0, 0.1) is 0 Å². The molecule has 0 fully saturated rings. The molecule has 0 aliphatic carbocycles. The summed E-state index contributed by atoms with van der Waals surface area (Å²) < 4.78 is 46.0. The van der Waals surface area contributed by atoms with Crippen molar-refractivity contribution in [3.05, 3.63) is 48.9 Å². The van der Waals surface area contributed by atoms with Crippen molar-refractivity contribution in [2.45, 2.75) is 12.2 Å². The number of ether oxygens (including phenoxy) is 1. The smallest absolute Gasteiger partial charge is 0.412 e. The third kappa shape index (κ3) is 3.12. The summed E-state index contributed by atoms with van der Waals surface area (Å²) in [6.07, 6.45) is -0.262. The van der Waals surface area contributed by atoms with Gasteiger partial charge in [0.15, 0.2) is 6.04 Å². The molecule has 0 saturated carbocycles. The molecule has 1 unspecified atom stereocenters. The third-order valence-electron chi connectivity index (χ3n) is 3.66. The van der Waals surface area contributed by atoms with E-state index in [2.05, 4.69) is 15.4 Å². The lowest BCUT2D eigenvalue weighted by molar-refractivity contribution is -0.166. The van der Waals surface area contributed by atoms with Gasteiger partial charge < -0.3 is 10.1 Å². The van der Waals surface area contributed by atoms with Crippen LogP contribution in [0.15, 0.2) is 48.9 Å². The van der Waals surface area contributed by atoms with E-state index in [0.29, 0.717) is 22.3 Å². The molecule has 24 heavy (non-hydrogen) atoms. The SMILES string of the molecule is COc1cccc2c(NCC(n3cccn3)C(F)(F)F)ccnc12. The van der Waals surface area contributed by atoms with Crippen LogP contribution >= 0.6 is 0 Å². The normalized spacial score (nSPS) is 13.0. The van der Waals surface area contributed by atoms with Gasteiger partial charge in [-0.1, -0.05) is 12.1 Å². The van der Waals surface area contributed by atoms with Crippen LogP contribution in [0.5, 0.6) is 5.75 Å². The molecule has 8 heteroatoms. The van der Waals surface area contributed by atoms with E-state index in [4.69, 9.17) is 4.74 Å². The van der Waals surface area contributed by atoms with E-state index >= 15 is 0 Å². The summed E-state index contributed by atoms with van der Waals surface area (Å²) in [5.41, 5.74) is 1.15. The molecule has 0 aliphatic heterocycles. The van der Waals surface area contributed by atoms with Gasteiger partial charge in [0.05, 0.1) is 7.11 Å². The van der Waals surface area contributed by atoms with Crippen LogP contribution in [0.25, 0.3) is 10.9 Å². The highest BCUT2D eigenvalue weighted by Crippen LogP contribution is 2.32. The molecule has 0 radical (unpaired) electrons. The first-order valence-corrected chi connectivity index (χ1v) is 7.22. The average molecular weight is 336 g/mol. The molecule has 126 valence electrons. The van der Waals surface area contributed by atoms with Crippen molar-refractivity contribution in [1.29, 1.82) is 0 Å². The van der Waals surface area contributed by atoms with Crippen molar-refractivity contribution in [3.8, 4) is 5.75 Å². The second-order valence-corrected chi connectivity index (χ2v) is 5.14. The quantitative estimate of drug-likeness (QED) is 0.773. The van der Waals surface area contributed by atoms with Gasteiger partial charge in [-0.15, -0.1) is 0 Å². The van der Waals surface area contributed by atoms with Gasteiger partial charge >= 0.3 is 6.18 Å². The summed E-state index contributed by atoms with van der Waals surface area (Å²) in [6, 6.07) is 6.64.